The largest absolute Gasteiger partial charge is 0.339 e. The van der Waals surface area contributed by atoms with E-state index in [1.54, 1.807) is 0 Å². The van der Waals surface area contributed by atoms with Gasteiger partial charge in [-0.15, -0.1) is 0 Å². The van der Waals surface area contributed by atoms with Gasteiger partial charge in [-0.2, -0.15) is 0 Å². The quantitative estimate of drug-likeness (QED) is 0.586. The van der Waals surface area contributed by atoms with Gasteiger partial charge in [0.05, 0.1) is 28.3 Å². The van der Waals surface area contributed by atoms with E-state index >= 15 is 0 Å². The number of carbonyl (C=O) groups excluding carboxylic acids is 1. The van der Waals surface area contributed by atoms with Crippen molar-refractivity contribution in [1.29, 1.82) is 0 Å². The fourth-order valence-electron chi connectivity index (χ4n) is 4.38. The van der Waals surface area contributed by atoms with Crippen molar-refractivity contribution in [3.8, 4) is 0 Å². The number of nitrogens with zero attached hydrogens (tertiary/aromatic N) is 4. The Hall–Kier alpha value is -1.58. The fraction of sp³-hybridized carbons (Fsp3) is 0.636. The van der Waals surface area contributed by atoms with Crippen LogP contribution < -0.4 is 0 Å². The van der Waals surface area contributed by atoms with Crippen LogP contribution >= 0.6 is 11.8 Å². The Bertz CT molecular complexity index is 1030. The van der Waals surface area contributed by atoms with Gasteiger partial charge in [0.25, 0.3) is 0 Å². The van der Waals surface area contributed by atoms with Gasteiger partial charge in [0.15, 0.2) is 15.0 Å². The molecule has 170 valence electrons. The molecule has 1 amide bonds. The zero-order valence-electron chi connectivity index (χ0n) is 18.4. The number of fused-ring (bicyclic) bond motifs is 1. The summed E-state index contributed by atoms with van der Waals surface area (Å²) in [6.07, 6.45) is 1.79. The van der Waals surface area contributed by atoms with Gasteiger partial charge in [0.2, 0.25) is 5.91 Å². The van der Waals surface area contributed by atoms with E-state index in [1.807, 2.05) is 23.1 Å². The highest BCUT2D eigenvalue weighted by atomic mass is 32.2. The van der Waals surface area contributed by atoms with E-state index in [1.165, 1.54) is 11.8 Å². The zero-order chi connectivity index (χ0) is 22.0. The molecule has 0 radical (unpaired) electrons. The molecule has 7 nitrogen and oxygen atoms in total. The molecule has 3 heterocycles. The van der Waals surface area contributed by atoms with Crippen molar-refractivity contribution in [2.75, 3.05) is 43.4 Å². The number of amides is 1. The molecule has 0 spiro atoms. The first kappa shape index (κ1) is 22.6. The Morgan fingerprint density at radius 3 is 2.61 bits per heavy atom. The van der Waals surface area contributed by atoms with E-state index in [2.05, 4.69) is 29.4 Å². The van der Waals surface area contributed by atoms with Crippen LogP contribution in [0.5, 0.6) is 0 Å². The number of thioether (sulfide) groups is 1. The fourth-order valence-corrected chi connectivity index (χ4v) is 7.09. The molecule has 2 aliphatic heterocycles. The zero-order valence-corrected chi connectivity index (χ0v) is 20.0. The van der Waals surface area contributed by atoms with Gasteiger partial charge >= 0.3 is 0 Å². The lowest BCUT2D eigenvalue weighted by Gasteiger charge is -2.37. The number of para-hydroxylation sites is 2. The average molecular weight is 465 g/mol. The van der Waals surface area contributed by atoms with Gasteiger partial charge < -0.3 is 9.47 Å². The Kier molecular flexibility index (Phi) is 6.93. The molecule has 1 aromatic carbocycles. The van der Waals surface area contributed by atoms with E-state index in [-0.39, 0.29) is 17.7 Å². The van der Waals surface area contributed by atoms with Crippen molar-refractivity contribution in [3.63, 3.8) is 0 Å². The van der Waals surface area contributed by atoms with Gasteiger partial charge in [0.1, 0.15) is 0 Å². The van der Waals surface area contributed by atoms with E-state index in [9.17, 15) is 13.2 Å². The predicted octanol–water partition coefficient (Wildman–Crippen LogP) is 2.51. The number of aromatic nitrogens is 2. The summed E-state index contributed by atoms with van der Waals surface area (Å²) in [7, 11) is -2.87. The normalized spacial score (nSPS) is 21.9. The smallest absolute Gasteiger partial charge is 0.233 e. The van der Waals surface area contributed by atoms with Crippen molar-refractivity contribution < 1.29 is 13.2 Å². The summed E-state index contributed by atoms with van der Waals surface area (Å²) in [6.45, 7) is 8.18. The van der Waals surface area contributed by atoms with Crippen molar-refractivity contribution in [2.45, 2.75) is 44.4 Å². The SMILES string of the molecule is CC(C)CCn1c(SCC(=O)N2CCN([C@H]3CCS(=O)(=O)C3)CC2)nc2ccccc21. The topological polar surface area (TPSA) is 75.5 Å². The van der Waals surface area contributed by atoms with Crippen LogP contribution in [0, 0.1) is 5.92 Å². The lowest BCUT2D eigenvalue weighted by Crippen LogP contribution is -2.52. The molecule has 0 saturated carbocycles. The first-order valence-corrected chi connectivity index (χ1v) is 13.9. The Balaban J connectivity index is 1.34. The summed E-state index contributed by atoms with van der Waals surface area (Å²) in [5.41, 5.74) is 2.10. The minimum absolute atomic E-state index is 0.123. The van der Waals surface area contributed by atoms with Crippen LogP contribution in [0.1, 0.15) is 26.7 Å². The van der Waals surface area contributed by atoms with Crippen LogP contribution in [0.4, 0.5) is 0 Å². The van der Waals surface area contributed by atoms with Crippen LogP contribution in [-0.4, -0.2) is 83.2 Å². The first-order valence-electron chi connectivity index (χ1n) is 11.1. The monoisotopic (exact) mass is 464 g/mol. The van der Waals surface area contributed by atoms with Crippen molar-refractivity contribution in [2.24, 2.45) is 5.92 Å². The number of hydrogen-bond acceptors (Lipinski definition) is 6. The molecule has 1 atom stereocenters. The minimum atomic E-state index is -2.87. The van der Waals surface area contributed by atoms with Gasteiger partial charge in [-0.05, 0) is 30.9 Å². The van der Waals surface area contributed by atoms with Gasteiger partial charge in [0, 0.05) is 38.8 Å². The third-order valence-electron chi connectivity index (χ3n) is 6.27. The molecule has 0 unspecified atom stereocenters. The number of piperazine rings is 1. The second-order valence-corrected chi connectivity index (χ2v) is 12.2. The second-order valence-electron chi connectivity index (χ2n) is 8.98. The molecule has 2 fully saturated rings. The number of hydrogen-bond donors (Lipinski definition) is 0. The lowest BCUT2D eigenvalue weighted by atomic mass is 10.1. The Labute approximate surface area is 189 Å². The van der Waals surface area contributed by atoms with Crippen molar-refractivity contribution >= 4 is 38.5 Å². The Morgan fingerprint density at radius 1 is 1.19 bits per heavy atom. The minimum Gasteiger partial charge on any atom is -0.339 e. The summed E-state index contributed by atoms with van der Waals surface area (Å²) in [6, 6.07) is 8.27. The molecule has 31 heavy (non-hydrogen) atoms. The molecule has 0 N–H and O–H groups in total. The summed E-state index contributed by atoms with van der Waals surface area (Å²) in [5.74, 6) is 1.68. The van der Waals surface area contributed by atoms with Gasteiger partial charge in [-0.25, -0.2) is 13.4 Å². The molecule has 2 aliphatic rings. The van der Waals surface area contributed by atoms with E-state index in [0.717, 1.165) is 48.7 Å². The van der Waals surface area contributed by atoms with E-state index < -0.39 is 9.84 Å². The highest BCUT2D eigenvalue weighted by Crippen LogP contribution is 2.26. The summed E-state index contributed by atoms with van der Waals surface area (Å²) < 4.78 is 25.7. The van der Waals surface area contributed by atoms with E-state index in [4.69, 9.17) is 4.98 Å². The maximum Gasteiger partial charge on any atom is 0.233 e. The molecular weight excluding hydrogens is 432 g/mol. The third kappa shape index (κ3) is 5.43. The predicted molar refractivity (Wildman–Crippen MR) is 125 cm³/mol. The standard InChI is InChI=1S/C22H32N4O3S2/c1-17(2)7-9-26-20-6-4-3-5-19(20)23-22(26)30-15-21(27)25-12-10-24(11-13-25)18-8-14-31(28,29)16-18/h3-6,17-18H,7-16H2,1-2H3/t18-/m0/s1. The number of carbonyl (C=O) groups is 1. The van der Waals surface area contributed by atoms with Crippen LogP contribution in [-0.2, 0) is 21.2 Å². The lowest BCUT2D eigenvalue weighted by molar-refractivity contribution is -0.130. The second kappa shape index (κ2) is 9.50. The highest BCUT2D eigenvalue weighted by molar-refractivity contribution is 7.99. The molecule has 1 aromatic heterocycles. The summed E-state index contributed by atoms with van der Waals surface area (Å²) in [4.78, 5) is 21.8. The summed E-state index contributed by atoms with van der Waals surface area (Å²) in [5, 5.41) is 0.907. The number of rotatable bonds is 7. The van der Waals surface area contributed by atoms with Crippen LogP contribution in [0.25, 0.3) is 11.0 Å². The summed E-state index contributed by atoms with van der Waals surface area (Å²) >= 11 is 1.52. The van der Waals surface area contributed by atoms with Crippen molar-refractivity contribution in [3.05, 3.63) is 24.3 Å². The number of imidazole rings is 1. The number of benzene rings is 1. The average Bonchev–Trinajstić information content (AvgIpc) is 3.29. The van der Waals surface area contributed by atoms with E-state index in [0.29, 0.717) is 30.5 Å². The molecule has 2 aromatic rings. The van der Waals surface area contributed by atoms with Crippen molar-refractivity contribution in [1.82, 2.24) is 19.4 Å². The maximum absolute atomic E-state index is 12.8. The molecule has 0 bridgehead atoms. The molecule has 9 heteroatoms. The molecule has 0 aliphatic carbocycles. The van der Waals surface area contributed by atoms with Crippen LogP contribution in [0.3, 0.4) is 0 Å². The highest BCUT2D eigenvalue weighted by Gasteiger charge is 2.34. The Morgan fingerprint density at radius 2 is 1.94 bits per heavy atom. The molecule has 4 rings (SSSR count). The maximum atomic E-state index is 12.8. The van der Waals surface area contributed by atoms with Gasteiger partial charge in [-0.1, -0.05) is 37.7 Å². The molecular formula is C22H32N4O3S2. The number of sulfone groups is 1. The molecule has 2 saturated heterocycles. The number of aryl methyl sites for hydroxylation is 1. The first-order chi connectivity index (χ1) is 14.8. The van der Waals surface area contributed by atoms with Gasteiger partial charge in [-0.3, -0.25) is 9.69 Å². The third-order valence-corrected chi connectivity index (χ3v) is 8.98. The van der Waals surface area contributed by atoms with Crippen LogP contribution in [0.15, 0.2) is 29.4 Å². The van der Waals surface area contributed by atoms with Crippen LogP contribution in [0.2, 0.25) is 0 Å².